The van der Waals surface area contributed by atoms with Crippen LogP contribution >= 0.6 is 0 Å². The van der Waals surface area contributed by atoms with Crippen molar-refractivity contribution < 1.29 is 4.43 Å². The fourth-order valence-electron chi connectivity index (χ4n) is 1.72. The van der Waals surface area contributed by atoms with Crippen molar-refractivity contribution in [3.8, 4) is 0 Å². The van der Waals surface area contributed by atoms with Gasteiger partial charge in [-0.3, -0.25) is 0 Å². The first-order valence-electron chi connectivity index (χ1n) is 4.35. The highest BCUT2D eigenvalue weighted by Gasteiger charge is 2.29. The third-order valence-electron chi connectivity index (χ3n) is 2.47. The molecular formula is C8H18OSi. The van der Waals surface area contributed by atoms with E-state index in [1.807, 2.05) is 0 Å². The maximum atomic E-state index is 5.56. The molecule has 0 atom stereocenters. The summed E-state index contributed by atoms with van der Waals surface area (Å²) in [6, 6.07) is 0. The topological polar surface area (TPSA) is 9.23 Å². The Balaban J connectivity index is 2.22. The van der Waals surface area contributed by atoms with Gasteiger partial charge in [-0.2, -0.15) is 0 Å². The Morgan fingerprint density at radius 1 is 1.40 bits per heavy atom. The number of hydrogen-bond donors (Lipinski definition) is 0. The maximum Gasteiger partial charge on any atom is 0.167 e. The molecule has 1 aliphatic carbocycles. The van der Waals surface area contributed by atoms with E-state index in [1.54, 1.807) is 0 Å². The molecule has 1 fully saturated rings. The molecule has 60 valence electrons. The molecule has 10 heavy (non-hydrogen) atoms. The van der Waals surface area contributed by atoms with E-state index in [9.17, 15) is 0 Å². The van der Waals surface area contributed by atoms with Gasteiger partial charge in [-0.1, -0.05) is 19.8 Å². The molecule has 0 radical (unpaired) electrons. The highest BCUT2D eigenvalue weighted by molar-refractivity contribution is 6.32. The van der Waals surface area contributed by atoms with Crippen molar-refractivity contribution >= 4 is 9.76 Å². The van der Waals surface area contributed by atoms with Gasteiger partial charge in [0, 0.05) is 6.61 Å². The Hall–Kier alpha value is 0.177. The van der Waals surface area contributed by atoms with Gasteiger partial charge < -0.3 is 4.43 Å². The molecule has 0 spiro atoms. The zero-order valence-electron chi connectivity index (χ0n) is 7.15. The van der Waals surface area contributed by atoms with Gasteiger partial charge in [-0.05, 0) is 24.8 Å². The molecule has 0 N–H and O–H groups in total. The van der Waals surface area contributed by atoms with Crippen molar-refractivity contribution in [3.05, 3.63) is 0 Å². The third-order valence-corrected chi connectivity index (χ3v) is 4.48. The molecule has 0 aromatic carbocycles. The highest BCUT2D eigenvalue weighted by atomic mass is 28.2. The lowest BCUT2D eigenvalue weighted by molar-refractivity contribution is 0.336. The Labute approximate surface area is 66.1 Å². The first-order valence-corrected chi connectivity index (χ1v) is 5.63. The van der Waals surface area contributed by atoms with Crippen LogP contribution in [0, 0.1) is 0 Å². The Morgan fingerprint density at radius 3 is 2.50 bits per heavy atom. The molecule has 0 aliphatic heterocycles. The number of rotatable bonds is 3. The minimum absolute atomic E-state index is 0.209. The first kappa shape index (κ1) is 8.28. The van der Waals surface area contributed by atoms with Crippen LogP contribution in [0.1, 0.15) is 39.5 Å². The predicted molar refractivity (Wildman–Crippen MR) is 47.0 cm³/mol. The molecule has 1 aliphatic rings. The van der Waals surface area contributed by atoms with E-state index in [4.69, 9.17) is 4.43 Å². The monoisotopic (exact) mass is 158 g/mol. The SMILES string of the molecule is CCO[SiH2]C1(C)CCCC1. The fourth-order valence-corrected chi connectivity index (χ4v) is 3.21. The zero-order valence-corrected chi connectivity index (χ0v) is 8.57. The van der Waals surface area contributed by atoms with Gasteiger partial charge in [-0.25, -0.2) is 0 Å². The van der Waals surface area contributed by atoms with Crippen molar-refractivity contribution in [1.29, 1.82) is 0 Å². The van der Waals surface area contributed by atoms with Crippen LogP contribution in [0.25, 0.3) is 0 Å². The van der Waals surface area contributed by atoms with Gasteiger partial charge in [0.2, 0.25) is 0 Å². The second-order valence-corrected chi connectivity index (χ2v) is 6.06. The highest BCUT2D eigenvalue weighted by Crippen LogP contribution is 2.43. The largest absolute Gasteiger partial charge is 0.424 e. The van der Waals surface area contributed by atoms with Crippen molar-refractivity contribution in [1.82, 2.24) is 0 Å². The first-order chi connectivity index (χ1) is 4.77. The van der Waals surface area contributed by atoms with Crippen molar-refractivity contribution in [3.63, 3.8) is 0 Å². The summed E-state index contributed by atoms with van der Waals surface area (Å²) >= 11 is 0. The molecule has 0 aromatic heterocycles. The standard InChI is InChI=1S/C8H18OSi/c1-3-9-10-8(2)6-4-5-7-8/h3-7,10H2,1-2H3. The lowest BCUT2D eigenvalue weighted by atomic mass is 10.1. The van der Waals surface area contributed by atoms with Crippen LogP contribution in [0.4, 0.5) is 0 Å². The van der Waals surface area contributed by atoms with Crippen LogP contribution < -0.4 is 0 Å². The van der Waals surface area contributed by atoms with Gasteiger partial charge in [0.05, 0.1) is 0 Å². The van der Waals surface area contributed by atoms with Crippen molar-refractivity contribution in [2.24, 2.45) is 0 Å². The summed E-state index contributed by atoms with van der Waals surface area (Å²) in [5, 5.41) is 0.663. The minimum atomic E-state index is -0.209. The quantitative estimate of drug-likeness (QED) is 0.570. The van der Waals surface area contributed by atoms with Crippen LogP contribution in [0.2, 0.25) is 5.04 Å². The van der Waals surface area contributed by atoms with E-state index < -0.39 is 0 Å². The van der Waals surface area contributed by atoms with E-state index in [-0.39, 0.29) is 9.76 Å². The van der Waals surface area contributed by atoms with Gasteiger partial charge in [-0.15, -0.1) is 0 Å². The molecular weight excluding hydrogens is 140 g/mol. The minimum Gasteiger partial charge on any atom is -0.424 e. The average molecular weight is 158 g/mol. The van der Waals surface area contributed by atoms with Crippen LogP contribution in [-0.2, 0) is 4.43 Å². The summed E-state index contributed by atoms with van der Waals surface area (Å²) < 4.78 is 5.56. The van der Waals surface area contributed by atoms with E-state index in [0.29, 0.717) is 5.04 Å². The normalized spacial score (nSPS) is 24.6. The fraction of sp³-hybridized carbons (Fsp3) is 1.00. The second-order valence-electron chi connectivity index (χ2n) is 3.65. The van der Waals surface area contributed by atoms with Crippen LogP contribution in [0.3, 0.4) is 0 Å². The summed E-state index contributed by atoms with van der Waals surface area (Å²) in [5.41, 5.74) is 0. The van der Waals surface area contributed by atoms with Gasteiger partial charge >= 0.3 is 0 Å². The Morgan fingerprint density at radius 2 is 2.00 bits per heavy atom. The van der Waals surface area contributed by atoms with Crippen LogP contribution in [0.5, 0.6) is 0 Å². The Kier molecular flexibility index (Phi) is 2.92. The maximum absolute atomic E-state index is 5.56. The summed E-state index contributed by atoms with van der Waals surface area (Å²) in [7, 11) is -0.209. The summed E-state index contributed by atoms with van der Waals surface area (Å²) in [5.74, 6) is 0. The third kappa shape index (κ3) is 2.10. The molecule has 0 aromatic rings. The van der Waals surface area contributed by atoms with E-state index in [2.05, 4.69) is 13.8 Å². The molecule has 1 saturated carbocycles. The van der Waals surface area contributed by atoms with Gasteiger partial charge in [0.25, 0.3) is 0 Å². The van der Waals surface area contributed by atoms with Gasteiger partial charge in [0.1, 0.15) is 0 Å². The molecule has 0 unspecified atom stereocenters. The van der Waals surface area contributed by atoms with Gasteiger partial charge in [0.15, 0.2) is 9.76 Å². The van der Waals surface area contributed by atoms with Crippen molar-refractivity contribution in [2.45, 2.75) is 44.6 Å². The zero-order chi connectivity index (χ0) is 7.45. The van der Waals surface area contributed by atoms with E-state index in [0.717, 1.165) is 6.61 Å². The molecule has 0 heterocycles. The Bertz CT molecular complexity index is 97.4. The van der Waals surface area contributed by atoms with Crippen molar-refractivity contribution in [2.75, 3.05) is 6.61 Å². The van der Waals surface area contributed by atoms with E-state index in [1.165, 1.54) is 25.7 Å². The molecule has 1 rings (SSSR count). The number of hydrogen-bond acceptors (Lipinski definition) is 1. The molecule has 0 saturated heterocycles. The smallest absolute Gasteiger partial charge is 0.167 e. The summed E-state index contributed by atoms with van der Waals surface area (Å²) in [4.78, 5) is 0. The lowest BCUT2D eigenvalue weighted by Crippen LogP contribution is -2.15. The van der Waals surface area contributed by atoms with Crippen LogP contribution in [0.15, 0.2) is 0 Å². The molecule has 2 heteroatoms. The van der Waals surface area contributed by atoms with E-state index >= 15 is 0 Å². The second kappa shape index (κ2) is 3.53. The predicted octanol–water partition coefficient (Wildman–Crippen LogP) is 1.86. The lowest BCUT2D eigenvalue weighted by Gasteiger charge is -2.21. The molecule has 0 bridgehead atoms. The summed E-state index contributed by atoms with van der Waals surface area (Å²) in [6.07, 6.45) is 5.74. The van der Waals surface area contributed by atoms with Crippen LogP contribution in [-0.4, -0.2) is 16.4 Å². The summed E-state index contributed by atoms with van der Waals surface area (Å²) in [6.45, 7) is 5.44. The molecule has 1 nitrogen and oxygen atoms in total. The average Bonchev–Trinajstić information content (AvgIpc) is 2.33. The molecule has 0 amide bonds.